The number of aromatic nitrogens is 2. The summed E-state index contributed by atoms with van der Waals surface area (Å²) >= 11 is 0. The summed E-state index contributed by atoms with van der Waals surface area (Å²) in [7, 11) is 1.78. The first-order valence-electron chi connectivity index (χ1n) is 8.30. The third-order valence-corrected chi connectivity index (χ3v) is 3.58. The molecule has 24 heavy (non-hydrogen) atoms. The molecule has 0 saturated carbocycles. The van der Waals surface area contributed by atoms with Gasteiger partial charge in [-0.15, -0.1) is 0 Å². The SMILES string of the molecule is CN=C(NCCn1ccnc1)NCC(C)COCc1ccccc1. The fourth-order valence-electron chi connectivity index (χ4n) is 2.23. The van der Waals surface area contributed by atoms with E-state index < -0.39 is 0 Å². The Balaban J connectivity index is 1.58. The molecule has 2 rings (SSSR count). The largest absolute Gasteiger partial charge is 0.376 e. The van der Waals surface area contributed by atoms with Gasteiger partial charge >= 0.3 is 0 Å². The molecule has 130 valence electrons. The fraction of sp³-hybridized carbons (Fsp3) is 0.444. The molecule has 1 heterocycles. The minimum Gasteiger partial charge on any atom is -0.376 e. The van der Waals surface area contributed by atoms with Crippen molar-refractivity contribution in [2.75, 3.05) is 26.7 Å². The Kier molecular flexibility index (Phi) is 7.83. The number of hydrogen-bond donors (Lipinski definition) is 2. The number of guanidine groups is 1. The van der Waals surface area contributed by atoms with E-state index in [0.717, 1.165) is 25.6 Å². The third kappa shape index (κ3) is 6.83. The van der Waals surface area contributed by atoms with Crippen LogP contribution in [0.3, 0.4) is 0 Å². The molecule has 6 heteroatoms. The maximum absolute atomic E-state index is 5.77. The molecule has 0 saturated heterocycles. The van der Waals surface area contributed by atoms with E-state index in [4.69, 9.17) is 4.74 Å². The highest BCUT2D eigenvalue weighted by Crippen LogP contribution is 2.02. The summed E-state index contributed by atoms with van der Waals surface area (Å²) in [5.74, 6) is 1.21. The molecule has 0 aliphatic rings. The van der Waals surface area contributed by atoms with Crippen LogP contribution in [0.5, 0.6) is 0 Å². The minimum atomic E-state index is 0.404. The highest BCUT2D eigenvalue weighted by molar-refractivity contribution is 5.79. The van der Waals surface area contributed by atoms with Gasteiger partial charge < -0.3 is 19.9 Å². The molecule has 1 unspecified atom stereocenters. The minimum absolute atomic E-state index is 0.404. The van der Waals surface area contributed by atoms with E-state index in [1.807, 2.05) is 35.3 Å². The smallest absolute Gasteiger partial charge is 0.191 e. The van der Waals surface area contributed by atoms with E-state index in [1.54, 1.807) is 13.2 Å². The Morgan fingerprint density at radius 1 is 1.29 bits per heavy atom. The van der Waals surface area contributed by atoms with Gasteiger partial charge in [-0.1, -0.05) is 37.3 Å². The van der Waals surface area contributed by atoms with E-state index in [2.05, 4.69) is 39.7 Å². The first-order chi connectivity index (χ1) is 11.8. The summed E-state index contributed by atoms with van der Waals surface area (Å²) in [5, 5.41) is 6.63. The van der Waals surface area contributed by atoms with Crippen LogP contribution in [0.15, 0.2) is 54.0 Å². The zero-order valence-corrected chi connectivity index (χ0v) is 14.5. The van der Waals surface area contributed by atoms with Crippen LogP contribution in [0.1, 0.15) is 12.5 Å². The van der Waals surface area contributed by atoms with Crippen molar-refractivity contribution >= 4 is 5.96 Å². The number of benzene rings is 1. The number of rotatable bonds is 9. The van der Waals surface area contributed by atoms with Crippen molar-refractivity contribution < 1.29 is 4.74 Å². The quantitative estimate of drug-likeness (QED) is 0.545. The average Bonchev–Trinajstić information content (AvgIpc) is 3.12. The molecule has 0 aliphatic heterocycles. The molecule has 2 N–H and O–H groups in total. The average molecular weight is 329 g/mol. The maximum atomic E-state index is 5.77. The third-order valence-electron chi connectivity index (χ3n) is 3.58. The monoisotopic (exact) mass is 329 g/mol. The Labute approximate surface area is 144 Å². The number of imidazole rings is 1. The van der Waals surface area contributed by atoms with Gasteiger partial charge in [-0.3, -0.25) is 4.99 Å². The van der Waals surface area contributed by atoms with Crippen molar-refractivity contribution in [2.24, 2.45) is 10.9 Å². The standard InChI is InChI=1S/C18H27N5O/c1-16(13-24-14-17-6-4-3-5-7-17)12-22-18(19-2)21-9-11-23-10-8-20-15-23/h3-8,10,15-16H,9,11-14H2,1-2H3,(H2,19,21,22). The van der Waals surface area contributed by atoms with Crippen molar-refractivity contribution in [1.82, 2.24) is 20.2 Å². The molecule has 0 fully saturated rings. The van der Waals surface area contributed by atoms with E-state index in [-0.39, 0.29) is 0 Å². The summed E-state index contributed by atoms with van der Waals surface area (Å²) in [5.41, 5.74) is 1.20. The van der Waals surface area contributed by atoms with Gasteiger partial charge in [-0.05, 0) is 11.5 Å². The van der Waals surface area contributed by atoms with Crippen LogP contribution < -0.4 is 10.6 Å². The predicted octanol–water partition coefficient (Wildman–Crippen LogP) is 1.90. The van der Waals surface area contributed by atoms with Crippen molar-refractivity contribution in [3.63, 3.8) is 0 Å². The van der Waals surface area contributed by atoms with Gasteiger partial charge in [0.1, 0.15) is 0 Å². The summed E-state index contributed by atoms with van der Waals surface area (Å²) in [6.07, 6.45) is 5.54. The van der Waals surface area contributed by atoms with Crippen LogP contribution in [0.4, 0.5) is 0 Å². The Morgan fingerprint density at radius 2 is 2.12 bits per heavy atom. The van der Waals surface area contributed by atoms with Crippen molar-refractivity contribution in [3.8, 4) is 0 Å². The lowest BCUT2D eigenvalue weighted by Crippen LogP contribution is -2.41. The summed E-state index contributed by atoms with van der Waals surface area (Å²) < 4.78 is 7.80. The molecular weight excluding hydrogens is 302 g/mol. The molecule has 0 amide bonds. The molecule has 0 aliphatic carbocycles. The summed E-state index contributed by atoms with van der Waals surface area (Å²) in [6, 6.07) is 10.2. The molecule has 1 aromatic heterocycles. The van der Waals surface area contributed by atoms with E-state index >= 15 is 0 Å². The van der Waals surface area contributed by atoms with Gasteiger partial charge in [-0.2, -0.15) is 0 Å². The zero-order valence-electron chi connectivity index (χ0n) is 14.5. The van der Waals surface area contributed by atoms with E-state index in [9.17, 15) is 0 Å². The topological polar surface area (TPSA) is 63.5 Å². The molecule has 0 spiro atoms. The van der Waals surface area contributed by atoms with Crippen molar-refractivity contribution in [3.05, 3.63) is 54.6 Å². The molecule has 1 aromatic carbocycles. The lowest BCUT2D eigenvalue weighted by molar-refractivity contribution is 0.0931. The highest BCUT2D eigenvalue weighted by Gasteiger charge is 2.04. The van der Waals surface area contributed by atoms with E-state index in [0.29, 0.717) is 19.1 Å². The Hall–Kier alpha value is -2.34. The highest BCUT2D eigenvalue weighted by atomic mass is 16.5. The van der Waals surface area contributed by atoms with Crippen molar-refractivity contribution in [1.29, 1.82) is 0 Å². The van der Waals surface area contributed by atoms with E-state index in [1.165, 1.54) is 5.56 Å². The van der Waals surface area contributed by atoms with Gasteiger partial charge in [0.15, 0.2) is 5.96 Å². The van der Waals surface area contributed by atoms with Gasteiger partial charge in [0.25, 0.3) is 0 Å². The molecule has 0 radical (unpaired) electrons. The van der Waals surface area contributed by atoms with Crippen molar-refractivity contribution in [2.45, 2.75) is 20.1 Å². The molecule has 6 nitrogen and oxygen atoms in total. The van der Waals surface area contributed by atoms with Crippen LogP contribution in [0, 0.1) is 5.92 Å². The van der Waals surface area contributed by atoms with Gasteiger partial charge in [0, 0.05) is 39.1 Å². The zero-order chi connectivity index (χ0) is 17.0. The first kappa shape index (κ1) is 18.0. The lowest BCUT2D eigenvalue weighted by Gasteiger charge is -2.16. The second-order valence-electron chi connectivity index (χ2n) is 5.79. The number of nitrogens with one attached hydrogen (secondary N) is 2. The summed E-state index contributed by atoms with van der Waals surface area (Å²) in [6.45, 7) is 6.01. The first-order valence-corrected chi connectivity index (χ1v) is 8.30. The fourth-order valence-corrected chi connectivity index (χ4v) is 2.23. The van der Waals surface area contributed by atoms with Gasteiger partial charge in [-0.25, -0.2) is 4.98 Å². The Morgan fingerprint density at radius 3 is 2.83 bits per heavy atom. The summed E-state index contributed by atoms with van der Waals surface area (Å²) in [4.78, 5) is 8.26. The number of aliphatic imine (C=N–C) groups is 1. The van der Waals surface area contributed by atoms with Crippen LogP contribution in [-0.4, -0.2) is 42.3 Å². The molecule has 1 atom stereocenters. The Bertz CT molecular complexity index is 583. The predicted molar refractivity (Wildman–Crippen MR) is 96.9 cm³/mol. The van der Waals surface area contributed by atoms with Crippen LogP contribution in [0.2, 0.25) is 0 Å². The molecule has 2 aromatic rings. The molecular formula is C18H27N5O. The normalized spacial score (nSPS) is 12.8. The van der Waals surface area contributed by atoms with Gasteiger partial charge in [0.05, 0.1) is 19.5 Å². The second kappa shape index (κ2) is 10.4. The number of ether oxygens (including phenoxy) is 1. The van der Waals surface area contributed by atoms with Crippen LogP contribution in [0.25, 0.3) is 0 Å². The lowest BCUT2D eigenvalue weighted by atomic mass is 10.2. The number of hydrogen-bond acceptors (Lipinski definition) is 3. The van der Waals surface area contributed by atoms with Crippen LogP contribution >= 0.6 is 0 Å². The van der Waals surface area contributed by atoms with Crippen LogP contribution in [-0.2, 0) is 17.9 Å². The number of nitrogens with zero attached hydrogens (tertiary/aromatic N) is 3. The maximum Gasteiger partial charge on any atom is 0.191 e. The van der Waals surface area contributed by atoms with Gasteiger partial charge in [0.2, 0.25) is 0 Å². The second-order valence-corrected chi connectivity index (χ2v) is 5.79. The molecule has 0 bridgehead atoms.